The third-order valence-electron chi connectivity index (χ3n) is 6.13. The lowest BCUT2D eigenvalue weighted by atomic mass is 9.94. The molecular weight excluding hydrogens is 466 g/mol. The molecule has 3 aromatic carbocycles. The molecule has 1 saturated heterocycles. The molecule has 1 heterocycles. The molecule has 1 amide bonds. The van der Waals surface area contributed by atoms with Gasteiger partial charge in [0.15, 0.2) is 0 Å². The van der Waals surface area contributed by atoms with E-state index in [0.29, 0.717) is 22.9 Å². The second-order valence-corrected chi connectivity index (χ2v) is 8.92. The minimum atomic E-state index is -0.841. The highest BCUT2D eigenvalue weighted by Gasteiger charge is 2.47. The van der Waals surface area contributed by atoms with Crippen molar-refractivity contribution in [1.29, 1.82) is 0 Å². The maximum absolute atomic E-state index is 13.4. The van der Waals surface area contributed by atoms with Gasteiger partial charge in [0.05, 0.1) is 36.4 Å². The number of anilines is 1. The van der Waals surface area contributed by atoms with Gasteiger partial charge >= 0.3 is 0 Å². The predicted octanol–water partition coefficient (Wildman–Crippen LogP) is 6.11. The Morgan fingerprint density at radius 3 is 2.14 bits per heavy atom. The number of methoxy groups -OCH3 is 2. The van der Waals surface area contributed by atoms with Crippen molar-refractivity contribution in [1.82, 2.24) is 0 Å². The summed E-state index contributed by atoms with van der Waals surface area (Å²) in [7, 11) is 2.90. The molecule has 1 atom stereocenters. The number of ketones is 1. The van der Waals surface area contributed by atoms with Crippen LogP contribution in [0.2, 0.25) is 5.02 Å². The molecule has 1 fully saturated rings. The Morgan fingerprint density at radius 1 is 0.943 bits per heavy atom. The molecule has 1 N–H and O–H groups in total. The molecule has 0 bridgehead atoms. The number of aliphatic hydroxyl groups is 1. The van der Waals surface area contributed by atoms with Crippen molar-refractivity contribution in [2.24, 2.45) is 0 Å². The minimum absolute atomic E-state index is 0.0475. The van der Waals surface area contributed by atoms with Gasteiger partial charge in [-0.15, -0.1) is 0 Å². The van der Waals surface area contributed by atoms with Crippen LogP contribution in [0.3, 0.4) is 0 Å². The lowest BCUT2D eigenvalue weighted by Crippen LogP contribution is -2.29. The average Bonchev–Trinajstić information content (AvgIpc) is 3.14. The maximum atomic E-state index is 13.4. The van der Waals surface area contributed by atoms with Crippen LogP contribution in [0.25, 0.3) is 5.76 Å². The molecule has 0 aliphatic carbocycles. The van der Waals surface area contributed by atoms with E-state index >= 15 is 0 Å². The number of ether oxygens (including phenoxy) is 2. The molecule has 0 spiro atoms. The number of benzene rings is 3. The number of nitrogens with zero attached hydrogens (tertiary/aromatic N) is 1. The number of aliphatic hydroxyl groups excluding tert-OH is 1. The summed E-state index contributed by atoms with van der Waals surface area (Å²) in [4.78, 5) is 28.1. The highest BCUT2D eigenvalue weighted by atomic mass is 35.5. The third-order valence-corrected chi connectivity index (χ3v) is 6.42. The zero-order chi connectivity index (χ0) is 25.3. The summed E-state index contributed by atoms with van der Waals surface area (Å²) >= 11 is 6.32. The third kappa shape index (κ3) is 4.37. The maximum Gasteiger partial charge on any atom is 0.300 e. The van der Waals surface area contributed by atoms with Crippen molar-refractivity contribution in [3.05, 3.63) is 94.0 Å². The second-order valence-electron chi connectivity index (χ2n) is 8.51. The van der Waals surface area contributed by atoms with E-state index in [2.05, 4.69) is 13.8 Å². The largest absolute Gasteiger partial charge is 0.507 e. The van der Waals surface area contributed by atoms with Crippen LogP contribution in [0.5, 0.6) is 11.5 Å². The lowest BCUT2D eigenvalue weighted by Gasteiger charge is -2.26. The fourth-order valence-electron chi connectivity index (χ4n) is 4.26. The number of Topliss-reactive ketones (excluding diaryl/α,β-unsaturated/α-hetero) is 1. The van der Waals surface area contributed by atoms with Gasteiger partial charge in [-0.05, 0) is 35.2 Å². The van der Waals surface area contributed by atoms with Crippen molar-refractivity contribution in [3.8, 4) is 11.5 Å². The van der Waals surface area contributed by atoms with Crippen LogP contribution in [0, 0.1) is 0 Å². The summed E-state index contributed by atoms with van der Waals surface area (Å²) in [6.07, 6.45) is 0. The Labute approximate surface area is 209 Å². The van der Waals surface area contributed by atoms with Crippen molar-refractivity contribution < 1.29 is 24.2 Å². The number of amides is 1. The van der Waals surface area contributed by atoms with Gasteiger partial charge < -0.3 is 14.6 Å². The van der Waals surface area contributed by atoms with E-state index in [9.17, 15) is 14.7 Å². The molecule has 6 nitrogen and oxygen atoms in total. The normalized spacial score (nSPS) is 17.2. The van der Waals surface area contributed by atoms with Gasteiger partial charge in [0, 0.05) is 11.8 Å². The van der Waals surface area contributed by atoms with Gasteiger partial charge in [-0.3, -0.25) is 14.5 Å². The Bertz CT molecular complexity index is 1300. The number of hydrogen-bond donors (Lipinski definition) is 1. The minimum Gasteiger partial charge on any atom is -0.507 e. The second kappa shape index (κ2) is 9.84. The number of carbonyl (C=O) groups excluding carboxylic acids is 2. The van der Waals surface area contributed by atoms with E-state index in [-0.39, 0.29) is 27.7 Å². The van der Waals surface area contributed by atoms with Crippen LogP contribution in [-0.4, -0.2) is 31.0 Å². The summed E-state index contributed by atoms with van der Waals surface area (Å²) in [5.74, 6) is -0.973. The zero-order valence-corrected chi connectivity index (χ0v) is 20.7. The van der Waals surface area contributed by atoms with Gasteiger partial charge in [-0.25, -0.2) is 0 Å². The van der Waals surface area contributed by atoms with E-state index in [1.165, 1.54) is 31.3 Å². The number of hydrogen-bond acceptors (Lipinski definition) is 5. The molecule has 35 heavy (non-hydrogen) atoms. The van der Waals surface area contributed by atoms with Crippen LogP contribution in [0.1, 0.15) is 42.5 Å². The summed E-state index contributed by atoms with van der Waals surface area (Å²) in [5, 5.41) is 11.6. The summed E-state index contributed by atoms with van der Waals surface area (Å²) < 4.78 is 10.7. The smallest absolute Gasteiger partial charge is 0.300 e. The first-order valence-electron chi connectivity index (χ1n) is 11.2. The molecule has 3 aromatic rings. The molecule has 0 saturated carbocycles. The molecule has 180 valence electrons. The van der Waals surface area contributed by atoms with E-state index in [4.69, 9.17) is 21.1 Å². The van der Waals surface area contributed by atoms with E-state index < -0.39 is 17.7 Å². The molecule has 0 aromatic heterocycles. The van der Waals surface area contributed by atoms with E-state index in [1.807, 2.05) is 54.6 Å². The SMILES string of the molecule is COc1cc(OC)c(/C(O)=C2\C(=O)C(=O)N(c3ccc(C(C)C)cc3)C2c2ccccc2)cc1Cl. The fraction of sp³-hybridized carbons (Fsp3) is 0.214. The van der Waals surface area contributed by atoms with Crippen molar-refractivity contribution >= 4 is 34.7 Å². The Balaban J connectivity index is 1.94. The van der Waals surface area contributed by atoms with E-state index in [1.54, 1.807) is 0 Å². The monoisotopic (exact) mass is 491 g/mol. The summed E-state index contributed by atoms with van der Waals surface area (Å²) in [5.41, 5.74) is 2.49. The quantitative estimate of drug-likeness (QED) is 0.256. The molecule has 1 aliphatic heterocycles. The van der Waals surface area contributed by atoms with Gasteiger partial charge in [0.2, 0.25) is 0 Å². The first kappa shape index (κ1) is 24.4. The zero-order valence-electron chi connectivity index (χ0n) is 19.9. The molecule has 4 rings (SSSR count). The van der Waals surface area contributed by atoms with Gasteiger partial charge in [-0.1, -0.05) is 67.9 Å². The number of halogens is 1. The summed E-state index contributed by atoms with van der Waals surface area (Å²) in [6.45, 7) is 4.16. The Hall–Kier alpha value is -3.77. The van der Waals surface area contributed by atoms with Gasteiger partial charge in [-0.2, -0.15) is 0 Å². The highest BCUT2D eigenvalue weighted by molar-refractivity contribution is 6.51. The Morgan fingerprint density at radius 2 is 1.57 bits per heavy atom. The van der Waals surface area contributed by atoms with E-state index in [0.717, 1.165) is 5.56 Å². The van der Waals surface area contributed by atoms with Crippen LogP contribution < -0.4 is 14.4 Å². The van der Waals surface area contributed by atoms with Crippen LogP contribution in [0.4, 0.5) is 5.69 Å². The van der Waals surface area contributed by atoms with Crippen molar-refractivity contribution in [2.75, 3.05) is 19.1 Å². The molecular formula is C28H26ClNO5. The Kier molecular flexibility index (Phi) is 6.85. The average molecular weight is 492 g/mol. The summed E-state index contributed by atoms with van der Waals surface area (Å²) in [6, 6.07) is 18.8. The fourth-order valence-corrected chi connectivity index (χ4v) is 4.50. The molecule has 7 heteroatoms. The number of carbonyl (C=O) groups is 2. The molecule has 1 unspecified atom stereocenters. The van der Waals surface area contributed by atoms with Crippen LogP contribution in [0.15, 0.2) is 72.3 Å². The highest BCUT2D eigenvalue weighted by Crippen LogP contribution is 2.44. The topological polar surface area (TPSA) is 76.1 Å². The molecule has 0 radical (unpaired) electrons. The van der Waals surface area contributed by atoms with Crippen LogP contribution in [-0.2, 0) is 9.59 Å². The van der Waals surface area contributed by atoms with Crippen LogP contribution >= 0.6 is 11.6 Å². The van der Waals surface area contributed by atoms with Gasteiger partial charge in [0.1, 0.15) is 17.3 Å². The number of rotatable bonds is 6. The van der Waals surface area contributed by atoms with Gasteiger partial charge in [0.25, 0.3) is 11.7 Å². The first-order valence-corrected chi connectivity index (χ1v) is 11.5. The van der Waals surface area contributed by atoms with Crippen molar-refractivity contribution in [2.45, 2.75) is 25.8 Å². The molecule has 1 aliphatic rings. The standard InChI is InChI=1S/C28H26ClNO5/c1-16(2)17-10-12-19(13-11-17)30-25(18-8-6-5-7-9-18)24(27(32)28(30)33)26(31)20-14-21(29)23(35-4)15-22(20)34-3/h5-16,25,31H,1-4H3/b26-24+. The first-order chi connectivity index (χ1) is 16.8. The predicted molar refractivity (Wildman–Crippen MR) is 136 cm³/mol. The lowest BCUT2D eigenvalue weighted by molar-refractivity contribution is -0.132. The van der Waals surface area contributed by atoms with Crippen molar-refractivity contribution in [3.63, 3.8) is 0 Å².